The van der Waals surface area contributed by atoms with Crippen molar-refractivity contribution in [3.8, 4) is 0 Å². The lowest BCUT2D eigenvalue weighted by Gasteiger charge is -2.04. The molecule has 0 spiro atoms. The number of nitrogens with zero attached hydrogens (tertiary/aromatic N) is 1. The number of aryl methyl sites for hydroxylation is 1. The molecular formula is C13H22N2S. The zero-order valence-corrected chi connectivity index (χ0v) is 11.7. The maximum atomic E-state index is 4.46. The van der Waals surface area contributed by atoms with Gasteiger partial charge in [0.05, 0.1) is 0 Å². The lowest BCUT2D eigenvalue weighted by molar-refractivity contribution is 0.457. The molecule has 0 aliphatic heterocycles. The summed E-state index contributed by atoms with van der Waals surface area (Å²) < 4.78 is 0. The molecule has 90 valence electrons. The number of thiazole rings is 1. The van der Waals surface area contributed by atoms with Crippen LogP contribution in [0.15, 0.2) is 5.38 Å². The van der Waals surface area contributed by atoms with Gasteiger partial charge in [0.2, 0.25) is 0 Å². The average molecular weight is 238 g/mol. The molecule has 1 heterocycles. The first-order valence-electron chi connectivity index (χ1n) is 5.97. The van der Waals surface area contributed by atoms with E-state index in [0.29, 0.717) is 10.8 Å². The maximum Gasteiger partial charge on any atom is 0.107 e. The van der Waals surface area contributed by atoms with Gasteiger partial charge in [0.15, 0.2) is 0 Å². The molecule has 0 radical (unpaired) electrons. The molecule has 1 aromatic heterocycles. The summed E-state index contributed by atoms with van der Waals surface area (Å²) in [5, 5.41) is 6.85. The average Bonchev–Trinajstić information content (AvgIpc) is 2.53. The van der Waals surface area contributed by atoms with Crippen LogP contribution in [0.5, 0.6) is 0 Å². The topological polar surface area (TPSA) is 24.9 Å². The Morgan fingerprint density at radius 3 is 2.38 bits per heavy atom. The third kappa shape index (κ3) is 1.91. The Morgan fingerprint density at radius 1 is 1.31 bits per heavy atom. The summed E-state index contributed by atoms with van der Waals surface area (Å²) in [7, 11) is 0. The van der Waals surface area contributed by atoms with Crippen LogP contribution in [0.2, 0.25) is 0 Å². The minimum absolute atomic E-state index is 0.485. The largest absolute Gasteiger partial charge is 0.310 e. The third-order valence-corrected chi connectivity index (χ3v) is 5.58. The van der Waals surface area contributed by atoms with Gasteiger partial charge >= 0.3 is 0 Å². The Bertz CT molecular complexity index is 365. The van der Waals surface area contributed by atoms with Crippen LogP contribution in [-0.2, 0) is 6.54 Å². The molecule has 1 saturated carbocycles. The molecule has 0 atom stereocenters. The van der Waals surface area contributed by atoms with Gasteiger partial charge in [0, 0.05) is 17.6 Å². The van der Waals surface area contributed by atoms with Crippen molar-refractivity contribution in [3.63, 3.8) is 0 Å². The fraction of sp³-hybridized carbons (Fsp3) is 0.769. The van der Waals surface area contributed by atoms with Crippen molar-refractivity contribution in [2.24, 2.45) is 16.7 Å². The van der Waals surface area contributed by atoms with Crippen LogP contribution >= 0.6 is 11.3 Å². The quantitative estimate of drug-likeness (QED) is 0.871. The van der Waals surface area contributed by atoms with Crippen molar-refractivity contribution in [3.05, 3.63) is 16.1 Å². The summed E-state index contributed by atoms with van der Waals surface area (Å²) in [5.41, 5.74) is 2.10. The van der Waals surface area contributed by atoms with Gasteiger partial charge < -0.3 is 5.32 Å². The number of aromatic nitrogens is 1. The molecule has 1 aromatic rings. The number of hydrogen-bond donors (Lipinski definition) is 1. The molecule has 1 aliphatic rings. The molecule has 0 amide bonds. The Morgan fingerprint density at radius 2 is 1.94 bits per heavy atom. The van der Waals surface area contributed by atoms with E-state index in [1.807, 2.05) is 6.92 Å². The second-order valence-corrected chi connectivity index (χ2v) is 6.95. The highest BCUT2D eigenvalue weighted by atomic mass is 32.1. The number of hydrogen-bond acceptors (Lipinski definition) is 3. The number of rotatable bonds is 4. The lowest BCUT2D eigenvalue weighted by Crippen LogP contribution is -2.18. The van der Waals surface area contributed by atoms with E-state index in [-0.39, 0.29) is 0 Å². The molecular weight excluding hydrogens is 216 g/mol. The summed E-state index contributed by atoms with van der Waals surface area (Å²) >= 11 is 1.75. The zero-order chi connectivity index (χ0) is 12.0. The van der Waals surface area contributed by atoms with E-state index in [0.717, 1.165) is 24.7 Å². The molecule has 0 aromatic carbocycles. The van der Waals surface area contributed by atoms with Crippen molar-refractivity contribution in [2.75, 3.05) is 6.54 Å². The zero-order valence-electron chi connectivity index (χ0n) is 10.9. The molecule has 2 nitrogen and oxygen atoms in total. The van der Waals surface area contributed by atoms with E-state index in [2.05, 4.69) is 43.4 Å². The highest BCUT2D eigenvalue weighted by molar-refractivity contribution is 7.09. The van der Waals surface area contributed by atoms with E-state index < -0.39 is 0 Å². The molecule has 0 bridgehead atoms. The van der Waals surface area contributed by atoms with Crippen molar-refractivity contribution < 1.29 is 0 Å². The van der Waals surface area contributed by atoms with Gasteiger partial charge in [-0.2, -0.15) is 0 Å². The van der Waals surface area contributed by atoms with Crippen molar-refractivity contribution in [1.29, 1.82) is 0 Å². The van der Waals surface area contributed by atoms with Crippen LogP contribution in [0.1, 0.15) is 38.4 Å². The predicted molar refractivity (Wildman–Crippen MR) is 69.6 cm³/mol. The normalized spacial score (nSPS) is 22.3. The highest BCUT2D eigenvalue weighted by Gasteiger charge is 2.63. The van der Waals surface area contributed by atoms with Crippen LogP contribution in [0.4, 0.5) is 0 Å². The van der Waals surface area contributed by atoms with Crippen molar-refractivity contribution in [1.82, 2.24) is 10.3 Å². The second-order valence-electron chi connectivity index (χ2n) is 6.01. The lowest BCUT2D eigenvalue weighted by atomic mass is 10.0. The van der Waals surface area contributed by atoms with Crippen LogP contribution < -0.4 is 5.32 Å². The standard InChI is InChI=1S/C13H22N2S/c1-9-8-16-11(15-9)7-14-6-10-12(2,3)13(10,4)5/h8,10,14H,6-7H2,1-5H3. The van der Waals surface area contributed by atoms with Crippen LogP contribution in [0, 0.1) is 23.7 Å². The van der Waals surface area contributed by atoms with E-state index in [1.54, 1.807) is 11.3 Å². The molecule has 1 N–H and O–H groups in total. The van der Waals surface area contributed by atoms with Crippen LogP contribution in [0.25, 0.3) is 0 Å². The van der Waals surface area contributed by atoms with E-state index >= 15 is 0 Å². The maximum absolute atomic E-state index is 4.46. The third-order valence-electron chi connectivity index (χ3n) is 4.61. The fourth-order valence-corrected chi connectivity index (χ4v) is 3.39. The van der Waals surface area contributed by atoms with Gasteiger partial charge in [-0.25, -0.2) is 4.98 Å². The van der Waals surface area contributed by atoms with Gasteiger partial charge in [0.1, 0.15) is 5.01 Å². The van der Waals surface area contributed by atoms with Crippen LogP contribution in [0.3, 0.4) is 0 Å². The summed E-state index contributed by atoms with van der Waals surface area (Å²) in [6.45, 7) is 13.5. The van der Waals surface area contributed by atoms with E-state index in [9.17, 15) is 0 Å². The van der Waals surface area contributed by atoms with Gasteiger partial charge in [-0.3, -0.25) is 0 Å². The molecule has 2 rings (SSSR count). The predicted octanol–water partition coefficient (Wildman–Crippen LogP) is 3.22. The van der Waals surface area contributed by atoms with Crippen LogP contribution in [-0.4, -0.2) is 11.5 Å². The first kappa shape index (κ1) is 12.1. The summed E-state index contributed by atoms with van der Waals surface area (Å²) in [6, 6.07) is 0. The summed E-state index contributed by atoms with van der Waals surface area (Å²) in [6.07, 6.45) is 0. The Kier molecular flexibility index (Phi) is 2.87. The first-order valence-corrected chi connectivity index (χ1v) is 6.85. The minimum atomic E-state index is 0.485. The Labute approximate surface area is 102 Å². The van der Waals surface area contributed by atoms with Gasteiger partial charge in [-0.15, -0.1) is 11.3 Å². The second kappa shape index (κ2) is 3.81. The summed E-state index contributed by atoms with van der Waals surface area (Å²) in [5.74, 6) is 0.793. The van der Waals surface area contributed by atoms with Gasteiger partial charge in [0.25, 0.3) is 0 Å². The van der Waals surface area contributed by atoms with E-state index in [1.165, 1.54) is 5.01 Å². The first-order chi connectivity index (χ1) is 7.35. The highest BCUT2D eigenvalue weighted by Crippen LogP contribution is 2.67. The van der Waals surface area contributed by atoms with Gasteiger partial charge in [-0.1, -0.05) is 27.7 Å². The van der Waals surface area contributed by atoms with Crippen molar-refractivity contribution >= 4 is 11.3 Å². The fourth-order valence-electron chi connectivity index (χ4n) is 2.65. The monoisotopic (exact) mass is 238 g/mol. The molecule has 3 heteroatoms. The van der Waals surface area contributed by atoms with E-state index in [4.69, 9.17) is 0 Å². The minimum Gasteiger partial charge on any atom is -0.310 e. The molecule has 0 unspecified atom stereocenters. The molecule has 1 fully saturated rings. The Hall–Kier alpha value is -0.410. The Balaban J connectivity index is 1.78. The molecule has 0 saturated heterocycles. The molecule has 16 heavy (non-hydrogen) atoms. The van der Waals surface area contributed by atoms with Crippen molar-refractivity contribution in [2.45, 2.75) is 41.2 Å². The SMILES string of the molecule is Cc1csc(CNCC2C(C)(C)C2(C)C)n1. The number of nitrogens with one attached hydrogen (secondary N) is 1. The summed E-state index contributed by atoms with van der Waals surface area (Å²) in [4.78, 5) is 4.46. The molecule has 1 aliphatic carbocycles. The smallest absolute Gasteiger partial charge is 0.107 e. The van der Waals surface area contributed by atoms with Gasteiger partial charge in [-0.05, 0) is 30.2 Å².